The van der Waals surface area contributed by atoms with Crippen LogP contribution in [0.2, 0.25) is 0 Å². The first-order valence-corrected chi connectivity index (χ1v) is 7.59. The van der Waals surface area contributed by atoms with E-state index in [-0.39, 0.29) is 0 Å². The number of nitrogens with zero attached hydrogens (tertiary/aromatic N) is 2. The van der Waals surface area contributed by atoms with Crippen molar-refractivity contribution in [3.63, 3.8) is 0 Å². The molecule has 2 heterocycles. The Morgan fingerprint density at radius 3 is 2.59 bits per heavy atom. The molecule has 0 fully saturated rings. The zero-order chi connectivity index (χ0) is 15.1. The summed E-state index contributed by atoms with van der Waals surface area (Å²) in [4.78, 5) is 4.47. The lowest BCUT2D eigenvalue weighted by molar-refractivity contribution is 1.01. The van der Waals surface area contributed by atoms with Gasteiger partial charge in [-0.2, -0.15) is 0 Å². The van der Waals surface area contributed by atoms with E-state index in [9.17, 15) is 0 Å². The minimum Gasteiger partial charge on any atom is -0.342 e. The van der Waals surface area contributed by atoms with Crippen LogP contribution in [0, 0.1) is 6.92 Å². The lowest BCUT2D eigenvalue weighted by Gasteiger charge is -2.04. The highest BCUT2D eigenvalue weighted by Crippen LogP contribution is 2.31. The summed E-state index contributed by atoms with van der Waals surface area (Å²) >= 11 is 0. The number of rotatable bonds is 2. The monoisotopic (exact) mass is 286 g/mol. The molecular weight excluding hydrogens is 268 g/mol. The molecule has 22 heavy (non-hydrogen) atoms. The first-order valence-electron chi connectivity index (χ1n) is 7.59. The molecule has 0 bridgehead atoms. The maximum absolute atomic E-state index is 4.47. The molecule has 2 heteroatoms. The molecule has 2 aromatic heterocycles. The predicted molar refractivity (Wildman–Crippen MR) is 92.2 cm³/mol. The number of hydrogen-bond donors (Lipinski definition) is 0. The van der Waals surface area contributed by atoms with Crippen molar-refractivity contribution in [3.8, 4) is 0 Å². The van der Waals surface area contributed by atoms with Gasteiger partial charge in [-0.1, -0.05) is 42.0 Å². The molecule has 2 aromatic carbocycles. The summed E-state index contributed by atoms with van der Waals surface area (Å²) < 4.78 is 2.24. The van der Waals surface area contributed by atoms with Crippen LogP contribution in [-0.2, 0) is 13.5 Å². The Balaban J connectivity index is 2.01. The van der Waals surface area contributed by atoms with E-state index in [0.29, 0.717) is 0 Å². The molecule has 4 rings (SSSR count). The quantitative estimate of drug-likeness (QED) is 0.525. The van der Waals surface area contributed by atoms with Crippen molar-refractivity contribution in [2.45, 2.75) is 13.3 Å². The minimum atomic E-state index is 0.915. The van der Waals surface area contributed by atoms with Gasteiger partial charge in [0.15, 0.2) is 0 Å². The van der Waals surface area contributed by atoms with Crippen molar-refractivity contribution in [2.24, 2.45) is 7.05 Å². The Morgan fingerprint density at radius 1 is 0.955 bits per heavy atom. The van der Waals surface area contributed by atoms with Crippen molar-refractivity contribution in [3.05, 3.63) is 77.6 Å². The van der Waals surface area contributed by atoms with Crippen LogP contribution in [0.25, 0.3) is 21.8 Å². The molecule has 2 nitrogen and oxygen atoms in total. The molecule has 108 valence electrons. The van der Waals surface area contributed by atoms with Crippen molar-refractivity contribution in [2.75, 3.05) is 0 Å². The summed E-state index contributed by atoms with van der Waals surface area (Å²) in [6.07, 6.45) is 4.90. The van der Waals surface area contributed by atoms with E-state index in [1.807, 2.05) is 12.4 Å². The second-order valence-electron chi connectivity index (χ2n) is 5.93. The van der Waals surface area contributed by atoms with Gasteiger partial charge in [0, 0.05) is 29.5 Å². The summed E-state index contributed by atoms with van der Waals surface area (Å²) in [7, 11) is 2.12. The van der Waals surface area contributed by atoms with Crippen LogP contribution in [0.3, 0.4) is 0 Å². The molecule has 0 spiro atoms. The smallest absolute Gasteiger partial charge is 0.0678 e. The van der Waals surface area contributed by atoms with E-state index in [1.165, 1.54) is 38.5 Å². The van der Waals surface area contributed by atoms with Crippen LogP contribution in [-0.4, -0.2) is 9.55 Å². The number of hydrogen-bond acceptors (Lipinski definition) is 1. The number of pyridine rings is 1. The van der Waals surface area contributed by atoms with E-state index in [2.05, 4.69) is 72.1 Å². The fourth-order valence-electron chi connectivity index (χ4n) is 3.28. The van der Waals surface area contributed by atoms with Crippen LogP contribution in [0.4, 0.5) is 0 Å². The van der Waals surface area contributed by atoms with Crippen molar-refractivity contribution < 1.29 is 0 Å². The van der Waals surface area contributed by atoms with Gasteiger partial charge in [-0.3, -0.25) is 4.98 Å². The first-order chi connectivity index (χ1) is 10.7. The zero-order valence-electron chi connectivity index (χ0n) is 12.9. The van der Waals surface area contributed by atoms with E-state index in [1.54, 1.807) is 0 Å². The number of aryl methyl sites for hydroxylation is 2. The van der Waals surface area contributed by atoms with Gasteiger partial charge in [0.1, 0.15) is 0 Å². The first kappa shape index (κ1) is 13.1. The fraction of sp³-hybridized carbons (Fsp3) is 0.150. The van der Waals surface area contributed by atoms with Crippen molar-refractivity contribution >= 4 is 21.8 Å². The molecule has 0 aliphatic rings. The Kier molecular flexibility index (Phi) is 2.97. The molecule has 0 aliphatic carbocycles. The maximum atomic E-state index is 4.47. The van der Waals surface area contributed by atoms with Gasteiger partial charge in [-0.05, 0) is 36.6 Å². The lowest BCUT2D eigenvalue weighted by Crippen LogP contribution is -1.92. The van der Waals surface area contributed by atoms with Gasteiger partial charge in [-0.15, -0.1) is 0 Å². The summed E-state index contributed by atoms with van der Waals surface area (Å²) in [5.74, 6) is 0. The number of benzene rings is 2. The minimum absolute atomic E-state index is 0.915. The number of fused-ring (bicyclic) bond motifs is 3. The topological polar surface area (TPSA) is 17.8 Å². The summed E-state index contributed by atoms with van der Waals surface area (Å²) in [5, 5.41) is 2.66. The van der Waals surface area contributed by atoms with E-state index in [0.717, 1.165) is 6.42 Å². The van der Waals surface area contributed by atoms with Crippen molar-refractivity contribution in [1.29, 1.82) is 0 Å². The second kappa shape index (κ2) is 4.99. The van der Waals surface area contributed by atoms with Crippen LogP contribution in [0.5, 0.6) is 0 Å². The van der Waals surface area contributed by atoms with Crippen molar-refractivity contribution in [1.82, 2.24) is 9.55 Å². The van der Waals surface area contributed by atoms with Crippen LogP contribution < -0.4 is 0 Å². The van der Waals surface area contributed by atoms with E-state index in [4.69, 9.17) is 0 Å². The van der Waals surface area contributed by atoms with Gasteiger partial charge in [0.05, 0.1) is 11.7 Å². The van der Waals surface area contributed by atoms with Gasteiger partial charge in [-0.25, -0.2) is 0 Å². The zero-order valence-corrected chi connectivity index (χ0v) is 12.9. The average molecular weight is 286 g/mol. The molecule has 0 atom stereocenters. The molecular formula is C20H18N2. The fourth-order valence-corrected chi connectivity index (χ4v) is 3.28. The third-order valence-corrected chi connectivity index (χ3v) is 4.39. The van der Waals surface area contributed by atoms with Gasteiger partial charge in [0.25, 0.3) is 0 Å². The second-order valence-corrected chi connectivity index (χ2v) is 5.93. The van der Waals surface area contributed by atoms with Crippen LogP contribution >= 0.6 is 0 Å². The Hall–Kier alpha value is -2.61. The van der Waals surface area contributed by atoms with Gasteiger partial charge < -0.3 is 4.57 Å². The highest BCUT2D eigenvalue weighted by Gasteiger charge is 2.12. The molecule has 0 saturated heterocycles. The standard InChI is InChI=1S/C20H18N2/c1-14-8-9-18-17(10-14)20-16(11-15-6-4-3-5-7-15)12-21-13-19(20)22(18)2/h3-10,12-13H,11H2,1-2H3. The third-order valence-electron chi connectivity index (χ3n) is 4.39. The third kappa shape index (κ3) is 2.00. The molecule has 4 aromatic rings. The molecule has 0 amide bonds. The van der Waals surface area contributed by atoms with E-state index < -0.39 is 0 Å². The highest BCUT2D eigenvalue weighted by molar-refractivity contribution is 6.09. The lowest BCUT2D eigenvalue weighted by atomic mass is 10.0. The largest absolute Gasteiger partial charge is 0.342 e. The van der Waals surface area contributed by atoms with Crippen LogP contribution in [0.1, 0.15) is 16.7 Å². The molecule has 0 aliphatic heterocycles. The van der Waals surface area contributed by atoms with Gasteiger partial charge in [0.2, 0.25) is 0 Å². The van der Waals surface area contributed by atoms with Crippen LogP contribution in [0.15, 0.2) is 60.9 Å². The predicted octanol–water partition coefficient (Wildman–Crippen LogP) is 4.63. The Morgan fingerprint density at radius 2 is 1.77 bits per heavy atom. The normalized spacial score (nSPS) is 11.4. The molecule has 0 saturated carbocycles. The molecule has 0 radical (unpaired) electrons. The highest BCUT2D eigenvalue weighted by atomic mass is 14.9. The SMILES string of the molecule is Cc1ccc2c(c1)c1c(Cc3ccccc3)cncc1n2C. The van der Waals surface area contributed by atoms with Gasteiger partial charge >= 0.3 is 0 Å². The Labute approximate surface area is 130 Å². The molecule has 0 N–H and O–H groups in total. The Bertz CT molecular complexity index is 965. The summed E-state index contributed by atoms with van der Waals surface area (Å²) in [6.45, 7) is 2.15. The maximum Gasteiger partial charge on any atom is 0.0678 e. The van der Waals surface area contributed by atoms with E-state index >= 15 is 0 Å². The summed E-state index contributed by atoms with van der Waals surface area (Å²) in [6, 6.07) is 17.3. The molecule has 0 unspecified atom stereocenters. The average Bonchev–Trinajstić information content (AvgIpc) is 2.82. The summed E-state index contributed by atoms with van der Waals surface area (Å²) in [5.41, 5.74) is 6.38. The number of aromatic nitrogens is 2.